The Labute approximate surface area is 159 Å². The Bertz CT molecular complexity index is 905. The maximum absolute atomic E-state index is 12.4. The number of para-hydroxylation sites is 1. The van der Waals surface area contributed by atoms with Gasteiger partial charge in [0, 0.05) is 31.2 Å². The Balaban J connectivity index is 1.66. The van der Waals surface area contributed by atoms with Gasteiger partial charge in [-0.25, -0.2) is 9.97 Å². The fraction of sp³-hybridized carbons (Fsp3) is 0.190. The van der Waals surface area contributed by atoms with E-state index in [2.05, 4.69) is 33.6 Å². The van der Waals surface area contributed by atoms with Crippen LogP contribution in [0, 0.1) is 0 Å². The van der Waals surface area contributed by atoms with E-state index in [1.165, 1.54) is 11.8 Å². The fourth-order valence-corrected chi connectivity index (χ4v) is 2.64. The van der Waals surface area contributed by atoms with Gasteiger partial charge in [-0.05, 0) is 42.3 Å². The highest BCUT2D eigenvalue weighted by molar-refractivity contribution is 6.02. The minimum absolute atomic E-state index is 0.265. The number of aryl methyl sites for hydroxylation is 1. The molecule has 0 atom stereocenters. The van der Waals surface area contributed by atoms with Crippen molar-refractivity contribution in [2.75, 3.05) is 29.6 Å². The summed E-state index contributed by atoms with van der Waals surface area (Å²) in [5.41, 5.74) is 4.23. The molecule has 6 nitrogen and oxygen atoms in total. The summed E-state index contributed by atoms with van der Waals surface area (Å²) in [4.78, 5) is 22.9. The third kappa shape index (κ3) is 4.61. The zero-order valence-corrected chi connectivity index (χ0v) is 15.7. The molecule has 3 aromatic rings. The monoisotopic (exact) mass is 361 g/mol. The Hall–Kier alpha value is -3.41. The normalized spacial score (nSPS) is 10.3. The van der Waals surface area contributed by atoms with E-state index in [4.69, 9.17) is 0 Å². The number of hydrogen-bond acceptors (Lipinski definition) is 5. The second-order valence-electron chi connectivity index (χ2n) is 6.32. The van der Waals surface area contributed by atoms with Crippen molar-refractivity contribution in [2.45, 2.75) is 13.3 Å². The van der Waals surface area contributed by atoms with Gasteiger partial charge in [0.2, 0.25) is 0 Å². The van der Waals surface area contributed by atoms with Gasteiger partial charge in [0.25, 0.3) is 5.91 Å². The smallest absolute Gasteiger partial charge is 0.275 e. The van der Waals surface area contributed by atoms with Crippen LogP contribution in [0.25, 0.3) is 0 Å². The quantitative estimate of drug-likeness (QED) is 0.692. The minimum atomic E-state index is -0.291. The summed E-state index contributed by atoms with van der Waals surface area (Å²) in [5.74, 6) is 0.309. The van der Waals surface area contributed by atoms with E-state index in [1.807, 2.05) is 61.5 Å². The van der Waals surface area contributed by atoms with Crippen LogP contribution in [0.15, 0.2) is 60.9 Å². The summed E-state index contributed by atoms with van der Waals surface area (Å²) in [6.07, 6.45) is 3.96. The van der Waals surface area contributed by atoms with Crippen molar-refractivity contribution < 1.29 is 4.79 Å². The van der Waals surface area contributed by atoms with Crippen molar-refractivity contribution >= 4 is 28.8 Å². The van der Waals surface area contributed by atoms with E-state index in [1.54, 1.807) is 6.20 Å². The molecule has 1 amide bonds. The molecule has 0 aliphatic carbocycles. The van der Waals surface area contributed by atoms with Gasteiger partial charge in [-0.15, -0.1) is 0 Å². The van der Waals surface area contributed by atoms with Gasteiger partial charge >= 0.3 is 0 Å². The van der Waals surface area contributed by atoms with Crippen LogP contribution < -0.4 is 15.5 Å². The molecule has 0 saturated heterocycles. The van der Waals surface area contributed by atoms with Gasteiger partial charge in [-0.1, -0.05) is 25.1 Å². The van der Waals surface area contributed by atoms with Crippen LogP contribution in [0.5, 0.6) is 0 Å². The lowest BCUT2D eigenvalue weighted by molar-refractivity contribution is 0.102. The number of carbonyl (C=O) groups excluding carboxylic acids is 1. The van der Waals surface area contributed by atoms with Gasteiger partial charge in [-0.2, -0.15) is 0 Å². The van der Waals surface area contributed by atoms with Crippen LogP contribution in [0.3, 0.4) is 0 Å². The molecule has 138 valence electrons. The highest BCUT2D eigenvalue weighted by Gasteiger charge is 2.09. The maximum Gasteiger partial charge on any atom is 0.275 e. The average molecular weight is 361 g/mol. The zero-order valence-electron chi connectivity index (χ0n) is 15.7. The lowest BCUT2D eigenvalue weighted by atomic mass is 10.1. The van der Waals surface area contributed by atoms with Crippen molar-refractivity contribution in [1.82, 2.24) is 9.97 Å². The Morgan fingerprint density at radius 2 is 1.74 bits per heavy atom. The molecule has 2 aromatic carbocycles. The molecule has 0 aliphatic heterocycles. The van der Waals surface area contributed by atoms with Crippen LogP contribution in [0.4, 0.5) is 22.9 Å². The van der Waals surface area contributed by atoms with Gasteiger partial charge in [0.05, 0.1) is 12.4 Å². The van der Waals surface area contributed by atoms with E-state index < -0.39 is 0 Å². The number of hydrogen-bond donors (Lipinski definition) is 2. The molecule has 0 radical (unpaired) electrons. The molecule has 6 heteroatoms. The molecule has 0 aliphatic rings. The number of aromatic nitrogens is 2. The van der Waals surface area contributed by atoms with Crippen LogP contribution in [-0.2, 0) is 6.42 Å². The van der Waals surface area contributed by atoms with Crippen molar-refractivity contribution in [3.63, 3.8) is 0 Å². The van der Waals surface area contributed by atoms with Crippen molar-refractivity contribution in [1.29, 1.82) is 0 Å². The Morgan fingerprint density at radius 1 is 1.00 bits per heavy atom. The van der Waals surface area contributed by atoms with E-state index in [0.29, 0.717) is 11.5 Å². The molecule has 0 fully saturated rings. The second kappa shape index (κ2) is 8.31. The third-order valence-electron chi connectivity index (χ3n) is 4.19. The highest BCUT2D eigenvalue weighted by atomic mass is 16.1. The number of benzene rings is 2. The Morgan fingerprint density at radius 3 is 2.37 bits per heavy atom. The number of nitrogens with zero attached hydrogens (tertiary/aromatic N) is 3. The van der Waals surface area contributed by atoms with Gasteiger partial charge in [0.15, 0.2) is 0 Å². The number of carbonyl (C=O) groups is 1. The van der Waals surface area contributed by atoms with E-state index in [0.717, 1.165) is 17.8 Å². The van der Waals surface area contributed by atoms with Crippen molar-refractivity contribution in [2.24, 2.45) is 0 Å². The highest BCUT2D eigenvalue weighted by Crippen LogP contribution is 2.20. The van der Waals surface area contributed by atoms with Crippen molar-refractivity contribution in [3.05, 3.63) is 72.2 Å². The molecule has 3 rings (SSSR count). The van der Waals surface area contributed by atoms with Gasteiger partial charge in [-0.3, -0.25) is 4.79 Å². The predicted octanol–water partition coefficient (Wildman–Crippen LogP) is 4.10. The van der Waals surface area contributed by atoms with Crippen LogP contribution in [0.1, 0.15) is 23.0 Å². The zero-order chi connectivity index (χ0) is 19.2. The first kappa shape index (κ1) is 18.4. The molecular weight excluding hydrogens is 338 g/mol. The summed E-state index contributed by atoms with van der Waals surface area (Å²) in [7, 11) is 3.94. The SMILES string of the molecule is CCc1ccccc1Nc1cnc(C(=O)Nc2ccc(N(C)C)cc2)cn1. The maximum atomic E-state index is 12.4. The van der Waals surface area contributed by atoms with Crippen LogP contribution in [-0.4, -0.2) is 30.0 Å². The predicted molar refractivity (Wildman–Crippen MR) is 110 cm³/mol. The number of anilines is 4. The molecule has 0 unspecified atom stereocenters. The Kier molecular flexibility index (Phi) is 5.66. The summed E-state index contributed by atoms with van der Waals surface area (Å²) < 4.78 is 0. The van der Waals surface area contributed by atoms with Gasteiger partial charge < -0.3 is 15.5 Å². The summed E-state index contributed by atoms with van der Waals surface area (Å²) in [6, 6.07) is 15.7. The van der Waals surface area contributed by atoms with Gasteiger partial charge in [0.1, 0.15) is 11.5 Å². The molecule has 1 heterocycles. The second-order valence-corrected chi connectivity index (χ2v) is 6.32. The van der Waals surface area contributed by atoms with Crippen molar-refractivity contribution in [3.8, 4) is 0 Å². The summed E-state index contributed by atoms with van der Waals surface area (Å²) in [6.45, 7) is 2.10. The largest absolute Gasteiger partial charge is 0.378 e. The fourth-order valence-electron chi connectivity index (χ4n) is 2.64. The molecule has 0 spiro atoms. The minimum Gasteiger partial charge on any atom is -0.378 e. The first-order valence-corrected chi connectivity index (χ1v) is 8.82. The molecule has 1 aromatic heterocycles. The van der Waals surface area contributed by atoms with Crippen LogP contribution >= 0.6 is 0 Å². The van der Waals surface area contributed by atoms with E-state index >= 15 is 0 Å². The number of nitrogens with one attached hydrogen (secondary N) is 2. The molecule has 27 heavy (non-hydrogen) atoms. The molecule has 2 N–H and O–H groups in total. The first-order chi connectivity index (χ1) is 13.1. The standard InChI is InChI=1S/C21H23N5O/c1-4-15-7-5-6-8-18(15)25-20-14-22-19(13-23-20)21(27)24-16-9-11-17(12-10-16)26(2)3/h5-14H,4H2,1-3H3,(H,23,25)(H,24,27). The molecule has 0 bridgehead atoms. The summed E-state index contributed by atoms with van der Waals surface area (Å²) >= 11 is 0. The molecule has 0 saturated carbocycles. The topological polar surface area (TPSA) is 70.2 Å². The van der Waals surface area contributed by atoms with Crippen LogP contribution in [0.2, 0.25) is 0 Å². The average Bonchev–Trinajstić information content (AvgIpc) is 2.69. The first-order valence-electron chi connectivity index (χ1n) is 8.82. The molecular formula is C21H23N5O. The third-order valence-corrected chi connectivity index (χ3v) is 4.19. The lowest BCUT2D eigenvalue weighted by Crippen LogP contribution is -2.14. The number of amides is 1. The van der Waals surface area contributed by atoms with E-state index in [9.17, 15) is 4.79 Å². The van der Waals surface area contributed by atoms with E-state index in [-0.39, 0.29) is 11.6 Å². The number of rotatable bonds is 6. The summed E-state index contributed by atoms with van der Waals surface area (Å²) in [5, 5.41) is 6.08. The lowest BCUT2D eigenvalue weighted by Gasteiger charge is -2.13.